The summed E-state index contributed by atoms with van der Waals surface area (Å²) in [4.78, 5) is 27.0. The normalized spacial score (nSPS) is 39.7. The molecular formula is C42H59FN4O4. The zero-order valence-electron chi connectivity index (χ0n) is 31.8. The lowest BCUT2D eigenvalue weighted by molar-refractivity contribution is -0.207. The molecule has 5 aliphatic rings. The van der Waals surface area contributed by atoms with Gasteiger partial charge in [0, 0.05) is 13.0 Å². The molecule has 2 aromatic rings. The van der Waals surface area contributed by atoms with E-state index in [9.17, 15) is 19.1 Å². The first-order valence-electron chi connectivity index (χ1n) is 19.6. The first-order chi connectivity index (χ1) is 24.1. The Morgan fingerprint density at radius 1 is 1.00 bits per heavy atom. The number of aromatic nitrogens is 3. The number of esters is 1. The van der Waals surface area contributed by atoms with Crippen molar-refractivity contribution in [3.05, 3.63) is 53.6 Å². The third kappa shape index (κ3) is 5.53. The number of carbonyl (C=O) groups is 2. The number of hydrogen-bond acceptors (Lipinski definition) is 6. The standard InChI is InChI=1S/C42H59FN4O4/c1-26-15-20-42(37(50)51-24-10-23-47-25-31(45-46-47)36(49)44-30-12-9-8-11-29(30)43)22-21-40(6)28(35(42)27(26)2)13-14-33-39(5)18-17-34(48)38(3,4)32(39)16-19-41(33,40)7/h8-9,11-13,25-27,32-35,48H,10,14-24H2,1-7H3,(H,44,49)/t26-,27+,32?,33-,34+,35+,39+,40-,41-,42+/m1/s1. The number of aliphatic hydroxyl groups is 1. The van der Waals surface area contributed by atoms with Crippen LogP contribution in [0.5, 0.6) is 0 Å². The summed E-state index contributed by atoms with van der Waals surface area (Å²) in [5.41, 5.74) is 1.47. The Kier molecular flexibility index (Phi) is 9.11. The predicted molar refractivity (Wildman–Crippen MR) is 195 cm³/mol. The molecule has 4 saturated carbocycles. The Morgan fingerprint density at radius 3 is 2.53 bits per heavy atom. The summed E-state index contributed by atoms with van der Waals surface area (Å²) < 4.78 is 21.7. The van der Waals surface area contributed by atoms with E-state index in [1.54, 1.807) is 16.8 Å². The highest BCUT2D eigenvalue weighted by atomic mass is 19.1. The van der Waals surface area contributed by atoms with Crippen LogP contribution in [0.4, 0.5) is 10.1 Å². The molecule has 1 amide bonds. The van der Waals surface area contributed by atoms with Gasteiger partial charge in [0.15, 0.2) is 5.69 Å². The Labute approximate surface area is 303 Å². The second kappa shape index (κ2) is 12.8. The van der Waals surface area contributed by atoms with Crippen molar-refractivity contribution < 1.29 is 23.8 Å². The van der Waals surface area contributed by atoms with Crippen LogP contribution >= 0.6 is 0 Å². The molecule has 2 N–H and O–H groups in total. The van der Waals surface area contributed by atoms with E-state index >= 15 is 0 Å². The van der Waals surface area contributed by atoms with E-state index < -0.39 is 17.1 Å². The largest absolute Gasteiger partial charge is 0.465 e. The Hall–Kier alpha value is -3.07. The van der Waals surface area contributed by atoms with E-state index in [4.69, 9.17) is 4.74 Å². The first kappa shape index (κ1) is 36.3. The van der Waals surface area contributed by atoms with Crippen LogP contribution in [-0.2, 0) is 16.1 Å². The Bertz CT molecular complexity index is 1700. The number of halogens is 1. The molecule has 1 heterocycles. The van der Waals surface area contributed by atoms with Crippen molar-refractivity contribution in [3.8, 4) is 0 Å². The SMILES string of the molecule is C[C@H]1[C@H](C)CC[C@]2(C(=O)OCCCn3cc(C(=O)Nc4ccccc4F)nn3)CC[C@]3(C)C(=CC[C@@H]4[C@@]5(C)CC[C@H](O)C(C)(C)C5CC[C@]43C)[C@H]12. The van der Waals surface area contributed by atoms with E-state index in [0.717, 1.165) is 51.4 Å². The van der Waals surface area contributed by atoms with Gasteiger partial charge in [0.2, 0.25) is 0 Å². The van der Waals surface area contributed by atoms with Gasteiger partial charge in [0.05, 0.1) is 30.0 Å². The van der Waals surface area contributed by atoms with E-state index in [1.165, 1.54) is 30.3 Å². The summed E-state index contributed by atoms with van der Waals surface area (Å²) in [6.07, 6.45) is 13.6. The number of allylic oxidation sites excluding steroid dienone is 2. The molecule has 0 aliphatic heterocycles. The molecule has 5 aliphatic carbocycles. The molecule has 0 bridgehead atoms. The third-order valence-electron chi connectivity index (χ3n) is 16.0. The number of fused-ring (bicyclic) bond motifs is 7. The monoisotopic (exact) mass is 702 g/mol. The average molecular weight is 703 g/mol. The van der Waals surface area contributed by atoms with Crippen LogP contribution in [-0.4, -0.2) is 44.7 Å². The van der Waals surface area contributed by atoms with E-state index in [2.05, 4.69) is 70.2 Å². The summed E-state index contributed by atoms with van der Waals surface area (Å²) in [6.45, 7) is 17.7. The van der Waals surface area contributed by atoms with Crippen molar-refractivity contribution in [1.82, 2.24) is 15.0 Å². The van der Waals surface area contributed by atoms with Gasteiger partial charge in [0.25, 0.3) is 5.91 Å². The molecule has 0 spiro atoms. The van der Waals surface area contributed by atoms with Gasteiger partial charge in [-0.05, 0) is 121 Å². The minimum Gasteiger partial charge on any atom is -0.465 e. The number of benzene rings is 1. The molecule has 9 heteroatoms. The summed E-state index contributed by atoms with van der Waals surface area (Å²) >= 11 is 0. The number of nitrogens with one attached hydrogen (secondary N) is 1. The zero-order valence-corrected chi connectivity index (χ0v) is 31.8. The van der Waals surface area contributed by atoms with Crippen LogP contribution in [0, 0.1) is 62.5 Å². The van der Waals surface area contributed by atoms with Crippen molar-refractivity contribution in [3.63, 3.8) is 0 Å². The summed E-state index contributed by atoms with van der Waals surface area (Å²) in [7, 11) is 0. The molecule has 1 aromatic heterocycles. The van der Waals surface area contributed by atoms with Crippen LogP contribution in [0.25, 0.3) is 0 Å². The van der Waals surface area contributed by atoms with Gasteiger partial charge in [-0.3, -0.25) is 14.3 Å². The van der Waals surface area contributed by atoms with Crippen LogP contribution in [0.3, 0.4) is 0 Å². The Morgan fingerprint density at radius 2 is 1.76 bits per heavy atom. The van der Waals surface area contributed by atoms with E-state index in [-0.39, 0.29) is 57.6 Å². The summed E-state index contributed by atoms with van der Waals surface area (Å²) in [5.74, 6) is 1.06. The topological polar surface area (TPSA) is 106 Å². The van der Waals surface area contributed by atoms with Crippen molar-refractivity contribution in [2.45, 2.75) is 125 Å². The number of amides is 1. The number of ether oxygens (including phenoxy) is 1. The average Bonchev–Trinajstić information content (AvgIpc) is 3.57. The minimum absolute atomic E-state index is 0.0211. The molecule has 1 unspecified atom stereocenters. The highest BCUT2D eigenvalue weighted by Gasteiger charge is 2.69. The molecule has 8 nitrogen and oxygen atoms in total. The van der Waals surface area contributed by atoms with Crippen LogP contribution < -0.4 is 5.32 Å². The number of rotatable bonds is 7. The molecule has 4 fully saturated rings. The van der Waals surface area contributed by atoms with Gasteiger partial charge in [0.1, 0.15) is 5.82 Å². The van der Waals surface area contributed by atoms with Crippen molar-refractivity contribution in [1.29, 1.82) is 0 Å². The zero-order chi connectivity index (χ0) is 36.6. The fourth-order valence-electron chi connectivity index (χ4n) is 12.6. The molecule has 0 saturated heterocycles. The fraction of sp³-hybridized carbons (Fsp3) is 0.714. The fourth-order valence-corrected chi connectivity index (χ4v) is 12.6. The first-order valence-corrected chi connectivity index (χ1v) is 19.6. The smallest absolute Gasteiger partial charge is 0.312 e. The number of carbonyl (C=O) groups excluding carboxylic acids is 2. The van der Waals surface area contributed by atoms with Gasteiger partial charge < -0.3 is 15.2 Å². The number of nitrogens with zero attached hydrogens (tertiary/aromatic N) is 3. The van der Waals surface area contributed by atoms with Crippen LogP contribution in [0.1, 0.15) is 123 Å². The number of aliphatic hydroxyl groups excluding tert-OH is 1. The lowest BCUT2D eigenvalue weighted by Gasteiger charge is -2.71. The Balaban J connectivity index is 1.06. The minimum atomic E-state index is -0.534. The second-order valence-electron chi connectivity index (χ2n) is 18.5. The summed E-state index contributed by atoms with van der Waals surface area (Å²) in [6, 6.07) is 5.99. The third-order valence-corrected chi connectivity index (χ3v) is 16.0. The molecule has 0 radical (unpaired) electrons. The lowest BCUT2D eigenvalue weighted by Crippen LogP contribution is -2.65. The number of para-hydroxylation sites is 1. The van der Waals surface area contributed by atoms with Gasteiger partial charge in [-0.2, -0.15) is 0 Å². The second-order valence-corrected chi connectivity index (χ2v) is 18.5. The van der Waals surface area contributed by atoms with Crippen molar-refractivity contribution in [2.75, 3.05) is 11.9 Å². The summed E-state index contributed by atoms with van der Waals surface area (Å²) in [5, 5.41) is 21.7. The van der Waals surface area contributed by atoms with Gasteiger partial charge >= 0.3 is 5.97 Å². The van der Waals surface area contributed by atoms with Gasteiger partial charge in [-0.15, -0.1) is 5.10 Å². The molecule has 7 rings (SSSR count). The van der Waals surface area contributed by atoms with Crippen molar-refractivity contribution in [2.24, 2.45) is 56.7 Å². The quantitative estimate of drug-likeness (QED) is 0.170. The van der Waals surface area contributed by atoms with Crippen LogP contribution in [0.2, 0.25) is 0 Å². The number of aryl methyl sites for hydroxylation is 1. The molecule has 10 atom stereocenters. The molecule has 278 valence electrons. The van der Waals surface area contributed by atoms with Gasteiger partial charge in [-0.25, -0.2) is 4.39 Å². The van der Waals surface area contributed by atoms with Crippen LogP contribution in [0.15, 0.2) is 42.1 Å². The highest BCUT2D eigenvalue weighted by molar-refractivity contribution is 6.02. The maximum atomic E-state index is 14.4. The van der Waals surface area contributed by atoms with E-state index in [1.807, 2.05) is 0 Å². The van der Waals surface area contributed by atoms with E-state index in [0.29, 0.717) is 36.6 Å². The maximum Gasteiger partial charge on any atom is 0.312 e. The maximum absolute atomic E-state index is 14.4. The number of hydrogen-bond donors (Lipinski definition) is 2. The molecule has 1 aromatic carbocycles. The predicted octanol–water partition coefficient (Wildman–Crippen LogP) is 8.62. The highest BCUT2D eigenvalue weighted by Crippen LogP contribution is 2.75. The lowest BCUT2D eigenvalue weighted by atomic mass is 9.33. The van der Waals surface area contributed by atoms with Gasteiger partial charge in [-0.1, -0.05) is 77.5 Å². The molecular weight excluding hydrogens is 643 g/mol. The van der Waals surface area contributed by atoms with Crippen molar-refractivity contribution >= 4 is 17.6 Å². The number of anilines is 1. The molecule has 51 heavy (non-hydrogen) atoms.